The molecule has 0 saturated carbocycles. The van der Waals surface area contributed by atoms with Crippen molar-refractivity contribution < 1.29 is 28.0 Å². The van der Waals surface area contributed by atoms with Gasteiger partial charge in [-0.3, -0.25) is 10.1 Å². The van der Waals surface area contributed by atoms with Gasteiger partial charge in [0, 0.05) is 16.8 Å². The topological polar surface area (TPSA) is 92.5 Å². The van der Waals surface area contributed by atoms with E-state index in [4.69, 9.17) is 16.7 Å². The maximum absolute atomic E-state index is 12.5. The first-order chi connectivity index (χ1) is 11.1. The third-order valence-corrected chi connectivity index (χ3v) is 3.21. The van der Waals surface area contributed by atoms with Crippen molar-refractivity contribution in [2.24, 2.45) is 0 Å². The predicted molar refractivity (Wildman–Crippen MR) is 79.8 cm³/mol. The summed E-state index contributed by atoms with van der Waals surface area (Å²) in [5.41, 5.74) is -2.32. The molecule has 0 unspecified atom stereocenters. The Morgan fingerprint density at radius 2 is 1.79 bits per heavy atom. The number of anilines is 2. The Hall–Kier alpha value is -2.81. The zero-order chi connectivity index (χ0) is 18.1. The molecule has 2 aromatic carbocycles. The van der Waals surface area contributed by atoms with Gasteiger partial charge in [0.25, 0.3) is 5.69 Å². The van der Waals surface area contributed by atoms with Gasteiger partial charge in [0.1, 0.15) is 5.69 Å². The molecule has 0 saturated heterocycles. The van der Waals surface area contributed by atoms with Gasteiger partial charge >= 0.3 is 12.1 Å². The van der Waals surface area contributed by atoms with Gasteiger partial charge in [-0.15, -0.1) is 0 Å². The summed E-state index contributed by atoms with van der Waals surface area (Å²) in [6.45, 7) is 0. The molecule has 0 aliphatic rings. The first-order valence-corrected chi connectivity index (χ1v) is 6.63. The van der Waals surface area contributed by atoms with Crippen molar-refractivity contribution in [1.29, 1.82) is 0 Å². The van der Waals surface area contributed by atoms with Crippen LogP contribution >= 0.6 is 11.6 Å². The molecule has 0 aliphatic heterocycles. The first-order valence-electron chi connectivity index (χ1n) is 6.25. The number of hydrogen-bond acceptors (Lipinski definition) is 4. The first kappa shape index (κ1) is 17.5. The van der Waals surface area contributed by atoms with E-state index in [1.165, 1.54) is 0 Å². The van der Waals surface area contributed by atoms with E-state index in [1.807, 2.05) is 0 Å². The maximum Gasteiger partial charge on any atom is 0.416 e. The number of alkyl halides is 3. The van der Waals surface area contributed by atoms with Crippen molar-refractivity contribution in [3.8, 4) is 0 Å². The zero-order valence-electron chi connectivity index (χ0n) is 11.6. The minimum atomic E-state index is -4.53. The molecule has 0 aromatic heterocycles. The standard InChI is InChI=1S/C14H8ClF3N2O4/c15-8-5-10(13(21)22)12(11(6-8)20(23)24)19-9-3-1-7(2-4-9)14(16,17)18/h1-6,19H,(H,21,22). The number of halogens is 4. The summed E-state index contributed by atoms with van der Waals surface area (Å²) < 4.78 is 37.6. The normalized spacial score (nSPS) is 11.2. The van der Waals surface area contributed by atoms with Crippen molar-refractivity contribution in [2.75, 3.05) is 5.32 Å². The highest BCUT2D eigenvalue weighted by Gasteiger charge is 2.30. The van der Waals surface area contributed by atoms with Crippen LogP contribution in [0.25, 0.3) is 0 Å². The molecule has 2 aromatic rings. The Kier molecular flexibility index (Phi) is 4.65. The van der Waals surface area contributed by atoms with Gasteiger partial charge in [-0.2, -0.15) is 13.2 Å². The number of carboxylic acids is 1. The van der Waals surface area contributed by atoms with Crippen molar-refractivity contribution in [1.82, 2.24) is 0 Å². The van der Waals surface area contributed by atoms with E-state index in [9.17, 15) is 28.1 Å². The molecule has 0 radical (unpaired) electrons. The number of nitrogens with one attached hydrogen (secondary N) is 1. The van der Waals surface area contributed by atoms with Crippen LogP contribution in [0.5, 0.6) is 0 Å². The number of nitro groups is 1. The quantitative estimate of drug-likeness (QED) is 0.608. The number of carboxylic acid groups (broad SMARTS) is 1. The number of nitro benzene ring substituents is 1. The lowest BCUT2D eigenvalue weighted by Crippen LogP contribution is -2.07. The number of carbonyl (C=O) groups is 1. The van der Waals surface area contributed by atoms with E-state index in [2.05, 4.69) is 5.32 Å². The molecule has 10 heteroatoms. The number of aromatic carboxylic acids is 1. The Morgan fingerprint density at radius 1 is 1.21 bits per heavy atom. The zero-order valence-corrected chi connectivity index (χ0v) is 12.4. The molecule has 0 atom stereocenters. The van der Waals surface area contributed by atoms with Crippen LogP contribution in [0.3, 0.4) is 0 Å². The molecule has 24 heavy (non-hydrogen) atoms. The van der Waals surface area contributed by atoms with Crippen LogP contribution in [0.4, 0.5) is 30.2 Å². The van der Waals surface area contributed by atoms with Crippen LogP contribution in [-0.4, -0.2) is 16.0 Å². The largest absolute Gasteiger partial charge is 0.478 e. The summed E-state index contributed by atoms with van der Waals surface area (Å²) in [6.07, 6.45) is -4.53. The minimum absolute atomic E-state index is 0.0518. The van der Waals surface area contributed by atoms with Gasteiger partial charge in [-0.1, -0.05) is 11.6 Å². The molecule has 0 heterocycles. The molecule has 0 spiro atoms. The van der Waals surface area contributed by atoms with E-state index in [0.29, 0.717) is 0 Å². The van der Waals surface area contributed by atoms with Gasteiger partial charge in [-0.05, 0) is 30.3 Å². The van der Waals surface area contributed by atoms with Crippen LogP contribution < -0.4 is 5.32 Å². The maximum atomic E-state index is 12.5. The Bertz CT molecular complexity index is 772. The molecular formula is C14H8ClF3N2O4. The minimum Gasteiger partial charge on any atom is -0.478 e. The van der Waals surface area contributed by atoms with Crippen molar-refractivity contribution in [3.63, 3.8) is 0 Å². The highest BCUT2D eigenvalue weighted by molar-refractivity contribution is 6.31. The summed E-state index contributed by atoms with van der Waals surface area (Å²) in [5, 5.41) is 22.6. The summed E-state index contributed by atoms with van der Waals surface area (Å²) in [5.74, 6) is -1.48. The molecule has 2 N–H and O–H groups in total. The lowest BCUT2D eigenvalue weighted by atomic mass is 10.1. The molecule has 6 nitrogen and oxygen atoms in total. The number of nitrogens with zero attached hydrogens (tertiary/aromatic N) is 1. The van der Waals surface area contributed by atoms with Crippen LogP contribution in [0.15, 0.2) is 36.4 Å². The van der Waals surface area contributed by atoms with E-state index < -0.39 is 33.9 Å². The van der Waals surface area contributed by atoms with E-state index >= 15 is 0 Å². The summed E-state index contributed by atoms with van der Waals surface area (Å²) in [4.78, 5) is 21.5. The van der Waals surface area contributed by atoms with Gasteiger partial charge in [0.15, 0.2) is 0 Å². The second-order valence-corrected chi connectivity index (χ2v) is 5.05. The summed E-state index contributed by atoms with van der Waals surface area (Å²) in [7, 11) is 0. The van der Waals surface area contributed by atoms with Gasteiger partial charge in [0.2, 0.25) is 0 Å². The fraction of sp³-hybridized carbons (Fsp3) is 0.0714. The summed E-state index contributed by atoms with van der Waals surface area (Å²) in [6, 6.07) is 5.55. The monoisotopic (exact) mass is 360 g/mol. The second kappa shape index (κ2) is 6.36. The molecule has 0 bridgehead atoms. The van der Waals surface area contributed by atoms with E-state index in [-0.39, 0.29) is 16.4 Å². The van der Waals surface area contributed by atoms with Crippen LogP contribution in [-0.2, 0) is 6.18 Å². The number of rotatable bonds is 4. The highest BCUT2D eigenvalue weighted by atomic mass is 35.5. The lowest BCUT2D eigenvalue weighted by Gasteiger charge is -2.12. The highest BCUT2D eigenvalue weighted by Crippen LogP contribution is 2.35. The average molecular weight is 361 g/mol. The van der Waals surface area contributed by atoms with Crippen molar-refractivity contribution >= 4 is 34.6 Å². The Labute approximate surface area is 137 Å². The van der Waals surface area contributed by atoms with E-state index in [1.54, 1.807) is 0 Å². The fourth-order valence-electron chi connectivity index (χ4n) is 1.92. The van der Waals surface area contributed by atoms with Crippen LogP contribution in [0.1, 0.15) is 15.9 Å². The molecule has 0 amide bonds. The predicted octanol–water partition coefficient (Wildman–Crippen LogP) is 4.71. The van der Waals surface area contributed by atoms with Crippen molar-refractivity contribution in [3.05, 3.63) is 62.7 Å². The molecular weight excluding hydrogens is 353 g/mol. The van der Waals surface area contributed by atoms with Gasteiger partial charge in [0.05, 0.1) is 16.1 Å². The molecule has 126 valence electrons. The van der Waals surface area contributed by atoms with Gasteiger partial charge < -0.3 is 10.4 Å². The number of hydrogen-bond donors (Lipinski definition) is 2. The second-order valence-electron chi connectivity index (χ2n) is 4.61. The number of benzene rings is 2. The van der Waals surface area contributed by atoms with Crippen LogP contribution in [0, 0.1) is 10.1 Å². The third-order valence-electron chi connectivity index (χ3n) is 2.99. The van der Waals surface area contributed by atoms with Crippen LogP contribution in [0.2, 0.25) is 5.02 Å². The molecule has 2 rings (SSSR count). The van der Waals surface area contributed by atoms with E-state index in [0.717, 1.165) is 36.4 Å². The summed E-state index contributed by atoms with van der Waals surface area (Å²) >= 11 is 5.66. The average Bonchev–Trinajstić information content (AvgIpc) is 2.47. The molecule has 0 fully saturated rings. The van der Waals surface area contributed by atoms with Crippen molar-refractivity contribution in [2.45, 2.75) is 6.18 Å². The lowest BCUT2D eigenvalue weighted by molar-refractivity contribution is -0.383. The SMILES string of the molecule is O=C(O)c1cc(Cl)cc([N+](=O)[O-])c1Nc1ccc(C(F)(F)F)cc1. The Morgan fingerprint density at radius 3 is 2.25 bits per heavy atom. The fourth-order valence-corrected chi connectivity index (χ4v) is 2.14. The van der Waals surface area contributed by atoms with Gasteiger partial charge in [-0.25, -0.2) is 4.79 Å². The molecule has 0 aliphatic carbocycles. The third kappa shape index (κ3) is 3.74. The smallest absolute Gasteiger partial charge is 0.416 e. The Balaban J connectivity index is 2.48.